The van der Waals surface area contributed by atoms with Crippen molar-refractivity contribution in [2.75, 3.05) is 0 Å². The highest BCUT2D eigenvalue weighted by molar-refractivity contribution is 6.39. The summed E-state index contributed by atoms with van der Waals surface area (Å²) in [5, 5.41) is 18.4. The van der Waals surface area contributed by atoms with Gasteiger partial charge in [0.15, 0.2) is 6.10 Å². The number of aliphatic hydroxyl groups excluding tert-OH is 1. The summed E-state index contributed by atoms with van der Waals surface area (Å²) in [7, 11) is 0. The zero-order chi connectivity index (χ0) is 10.0. The first-order valence-corrected chi connectivity index (χ1v) is 4.41. The summed E-state index contributed by atoms with van der Waals surface area (Å²) in [4.78, 5) is 0. The van der Waals surface area contributed by atoms with Crippen LogP contribution in [0.1, 0.15) is 11.7 Å². The lowest BCUT2D eigenvalue weighted by atomic mass is 10.1. The molecule has 0 bridgehead atoms. The SMILES string of the molecule is N#CC(O)c1c(Cl)cc(Cl)cc1Cl. The average molecular weight is 236 g/mol. The minimum Gasteiger partial charge on any atom is -0.374 e. The summed E-state index contributed by atoms with van der Waals surface area (Å²) >= 11 is 17.1. The Morgan fingerprint density at radius 3 is 2.08 bits per heavy atom. The molecule has 1 rings (SSSR count). The first-order valence-electron chi connectivity index (χ1n) is 3.28. The summed E-state index contributed by atoms with van der Waals surface area (Å²) < 4.78 is 0. The molecule has 0 aliphatic heterocycles. The summed E-state index contributed by atoms with van der Waals surface area (Å²) in [6, 6.07) is 4.47. The van der Waals surface area contributed by atoms with Crippen molar-refractivity contribution < 1.29 is 5.11 Å². The second kappa shape index (κ2) is 4.17. The molecule has 0 heterocycles. The van der Waals surface area contributed by atoms with Crippen LogP contribution in [-0.2, 0) is 0 Å². The van der Waals surface area contributed by atoms with Gasteiger partial charge in [0.25, 0.3) is 0 Å². The average Bonchev–Trinajstić information content (AvgIpc) is 2.02. The second-order valence-electron chi connectivity index (χ2n) is 2.31. The quantitative estimate of drug-likeness (QED) is 0.761. The maximum absolute atomic E-state index is 9.21. The number of hydrogen-bond donors (Lipinski definition) is 1. The van der Waals surface area contributed by atoms with Crippen LogP contribution in [0.2, 0.25) is 15.1 Å². The van der Waals surface area contributed by atoms with E-state index in [-0.39, 0.29) is 15.6 Å². The van der Waals surface area contributed by atoms with E-state index in [1.807, 2.05) is 0 Å². The van der Waals surface area contributed by atoms with E-state index < -0.39 is 6.10 Å². The number of benzene rings is 1. The molecule has 1 aromatic rings. The molecule has 0 saturated heterocycles. The summed E-state index contributed by atoms with van der Waals surface area (Å²) in [6.07, 6.45) is -1.32. The Labute approximate surface area is 90.3 Å². The number of nitrogens with zero attached hydrogens (tertiary/aromatic N) is 1. The van der Waals surface area contributed by atoms with Crippen LogP contribution in [0, 0.1) is 11.3 Å². The Balaban J connectivity index is 3.30. The first kappa shape index (κ1) is 10.6. The molecule has 1 N–H and O–H groups in total. The zero-order valence-electron chi connectivity index (χ0n) is 6.26. The molecule has 2 nitrogen and oxygen atoms in total. The minimum atomic E-state index is -1.32. The Morgan fingerprint density at radius 1 is 1.23 bits per heavy atom. The van der Waals surface area contributed by atoms with Crippen molar-refractivity contribution >= 4 is 34.8 Å². The Morgan fingerprint density at radius 2 is 1.69 bits per heavy atom. The summed E-state index contributed by atoms with van der Waals surface area (Å²) in [5.74, 6) is 0. The van der Waals surface area contributed by atoms with Crippen LogP contribution < -0.4 is 0 Å². The van der Waals surface area contributed by atoms with Gasteiger partial charge in [-0.25, -0.2) is 0 Å². The van der Waals surface area contributed by atoms with E-state index in [1.165, 1.54) is 12.1 Å². The fourth-order valence-electron chi connectivity index (χ4n) is 0.879. The smallest absolute Gasteiger partial charge is 0.168 e. The standard InChI is InChI=1S/C8H4Cl3NO/c9-4-1-5(10)8(6(11)2-4)7(13)3-12/h1-2,7,13H. The van der Waals surface area contributed by atoms with Gasteiger partial charge in [-0.15, -0.1) is 0 Å². The topological polar surface area (TPSA) is 44.0 Å². The molecule has 0 aromatic heterocycles. The van der Waals surface area contributed by atoms with Gasteiger partial charge >= 0.3 is 0 Å². The molecular weight excluding hydrogens is 232 g/mol. The van der Waals surface area contributed by atoms with Gasteiger partial charge < -0.3 is 5.11 Å². The molecule has 5 heteroatoms. The number of hydrogen-bond acceptors (Lipinski definition) is 2. The van der Waals surface area contributed by atoms with E-state index in [9.17, 15) is 5.11 Å². The van der Waals surface area contributed by atoms with Crippen LogP contribution in [0.4, 0.5) is 0 Å². The lowest BCUT2D eigenvalue weighted by Gasteiger charge is -2.07. The molecule has 0 aliphatic rings. The maximum Gasteiger partial charge on any atom is 0.168 e. The third-order valence-electron chi connectivity index (χ3n) is 1.44. The van der Waals surface area contributed by atoms with Crippen molar-refractivity contribution in [2.45, 2.75) is 6.10 Å². The van der Waals surface area contributed by atoms with E-state index in [0.29, 0.717) is 5.02 Å². The fourth-order valence-corrected chi connectivity index (χ4v) is 1.90. The Kier molecular flexibility index (Phi) is 3.40. The largest absolute Gasteiger partial charge is 0.374 e. The molecule has 13 heavy (non-hydrogen) atoms. The minimum absolute atomic E-state index is 0.187. The van der Waals surface area contributed by atoms with E-state index >= 15 is 0 Å². The summed E-state index contributed by atoms with van der Waals surface area (Å²) in [6.45, 7) is 0. The predicted octanol–water partition coefficient (Wildman–Crippen LogP) is 3.20. The van der Waals surface area contributed by atoms with E-state index in [1.54, 1.807) is 6.07 Å². The van der Waals surface area contributed by atoms with Crippen molar-refractivity contribution in [3.8, 4) is 6.07 Å². The van der Waals surface area contributed by atoms with Gasteiger partial charge in [0.2, 0.25) is 0 Å². The van der Waals surface area contributed by atoms with Crippen LogP contribution in [0.25, 0.3) is 0 Å². The van der Waals surface area contributed by atoms with Crippen LogP contribution in [0.15, 0.2) is 12.1 Å². The lowest BCUT2D eigenvalue weighted by Crippen LogP contribution is -1.95. The molecule has 1 aromatic carbocycles. The Bertz CT molecular complexity index is 349. The zero-order valence-corrected chi connectivity index (χ0v) is 8.53. The number of halogens is 3. The van der Waals surface area contributed by atoms with E-state index in [2.05, 4.69) is 0 Å². The molecule has 68 valence electrons. The molecule has 0 spiro atoms. The third-order valence-corrected chi connectivity index (χ3v) is 2.28. The van der Waals surface area contributed by atoms with Crippen molar-refractivity contribution in [2.24, 2.45) is 0 Å². The van der Waals surface area contributed by atoms with Gasteiger partial charge in [0, 0.05) is 10.6 Å². The van der Waals surface area contributed by atoms with Crippen LogP contribution in [0.5, 0.6) is 0 Å². The highest BCUT2D eigenvalue weighted by Crippen LogP contribution is 2.33. The number of aliphatic hydroxyl groups is 1. The van der Waals surface area contributed by atoms with Crippen molar-refractivity contribution in [1.29, 1.82) is 5.26 Å². The molecule has 0 aliphatic carbocycles. The molecule has 1 atom stereocenters. The molecule has 0 fully saturated rings. The van der Waals surface area contributed by atoms with Crippen LogP contribution in [-0.4, -0.2) is 5.11 Å². The lowest BCUT2D eigenvalue weighted by molar-refractivity contribution is 0.236. The van der Waals surface area contributed by atoms with Crippen molar-refractivity contribution in [3.63, 3.8) is 0 Å². The molecular formula is C8H4Cl3NO. The van der Waals surface area contributed by atoms with Gasteiger partial charge in [-0.05, 0) is 12.1 Å². The number of rotatable bonds is 1. The monoisotopic (exact) mass is 235 g/mol. The van der Waals surface area contributed by atoms with E-state index in [4.69, 9.17) is 40.1 Å². The highest BCUT2D eigenvalue weighted by Gasteiger charge is 2.15. The maximum atomic E-state index is 9.21. The normalized spacial score (nSPS) is 12.2. The summed E-state index contributed by atoms with van der Waals surface area (Å²) in [5.41, 5.74) is 0.190. The predicted molar refractivity (Wildman–Crippen MR) is 52.0 cm³/mol. The molecule has 0 radical (unpaired) electrons. The Hall–Kier alpha value is -0.460. The van der Waals surface area contributed by atoms with Crippen molar-refractivity contribution in [1.82, 2.24) is 0 Å². The molecule has 0 saturated carbocycles. The first-order chi connectivity index (χ1) is 6.06. The van der Waals surface area contributed by atoms with Gasteiger partial charge in [0.05, 0.1) is 16.1 Å². The number of nitriles is 1. The van der Waals surface area contributed by atoms with Gasteiger partial charge in [0.1, 0.15) is 0 Å². The van der Waals surface area contributed by atoms with Crippen LogP contribution in [0.3, 0.4) is 0 Å². The highest BCUT2D eigenvalue weighted by atomic mass is 35.5. The van der Waals surface area contributed by atoms with Crippen LogP contribution >= 0.6 is 34.8 Å². The van der Waals surface area contributed by atoms with Gasteiger partial charge in [-0.3, -0.25) is 0 Å². The molecule has 1 unspecified atom stereocenters. The second-order valence-corrected chi connectivity index (χ2v) is 3.57. The van der Waals surface area contributed by atoms with Gasteiger partial charge in [-0.1, -0.05) is 34.8 Å². The van der Waals surface area contributed by atoms with Crippen molar-refractivity contribution in [3.05, 3.63) is 32.8 Å². The third kappa shape index (κ3) is 2.26. The van der Waals surface area contributed by atoms with Gasteiger partial charge in [-0.2, -0.15) is 5.26 Å². The fraction of sp³-hybridized carbons (Fsp3) is 0.125. The molecule has 0 amide bonds. The van der Waals surface area contributed by atoms with E-state index in [0.717, 1.165) is 0 Å².